The van der Waals surface area contributed by atoms with Gasteiger partial charge in [0.1, 0.15) is 11.4 Å². The lowest BCUT2D eigenvalue weighted by molar-refractivity contribution is -0.122. The molecule has 1 atom stereocenters. The second-order valence-electron chi connectivity index (χ2n) is 15.6. The Bertz CT molecular complexity index is 1570. The molecule has 0 aliphatic heterocycles. The highest BCUT2D eigenvalue weighted by atomic mass is 16.6. The highest BCUT2D eigenvalue weighted by molar-refractivity contribution is 5.96. The standard InChI is InChI=1S/C46H68N4O5/c1-8-9-10-11-12-13-14-15-16-17-18-20-29-40(50(45(53)55-46(3,4)5)42-32-24-23-26-37(42)2)34-49(35-44(52)48(7)38-27-21-19-22-28-38)39-30-25-31-41(33-39)54-36-43(51)47-6/h19,21-28,30-33,40H,8-18,20,29,34-36H2,1-7H3,(H,47,51). The van der Waals surface area contributed by atoms with E-state index in [1.165, 1.54) is 57.8 Å². The van der Waals surface area contributed by atoms with Crippen LogP contribution in [0.15, 0.2) is 78.9 Å². The Kier molecular flexibility index (Phi) is 19.6. The predicted molar refractivity (Wildman–Crippen MR) is 227 cm³/mol. The number of carbonyl (C=O) groups excluding carboxylic acids is 3. The maximum atomic E-state index is 14.3. The van der Waals surface area contributed by atoms with Crippen LogP contribution in [0.5, 0.6) is 5.75 Å². The number of nitrogens with zero attached hydrogens (tertiary/aromatic N) is 3. The van der Waals surface area contributed by atoms with Crippen LogP contribution in [0.2, 0.25) is 0 Å². The topological polar surface area (TPSA) is 91.4 Å². The summed E-state index contributed by atoms with van der Waals surface area (Å²) in [4.78, 5) is 45.8. The molecule has 0 fully saturated rings. The van der Waals surface area contributed by atoms with E-state index in [1.54, 1.807) is 25.1 Å². The van der Waals surface area contributed by atoms with Crippen LogP contribution in [0.3, 0.4) is 0 Å². The third-order valence-corrected chi connectivity index (χ3v) is 9.83. The number of unbranched alkanes of at least 4 members (excludes halogenated alkanes) is 11. The molecule has 0 saturated heterocycles. The molecule has 0 aliphatic rings. The molecule has 9 nitrogen and oxygen atoms in total. The molecule has 0 radical (unpaired) electrons. The first-order chi connectivity index (χ1) is 26.4. The zero-order chi connectivity index (χ0) is 40.1. The second kappa shape index (κ2) is 24.1. The van der Waals surface area contributed by atoms with Crippen LogP contribution in [-0.4, -0.2) is 63.3 Å². The van der Waals surface area contributed by atoms with E-state index < -0.39 is 11.7 Å². The number of benzene rings is 3. The first kappa shape index (κ1) is 44.9. The van der Waals surface area contributed by atoms with E-state index in [0.717, 1.165) is 48.3 Å². The summed E-state index contributed by atoms with van der Waals surface area (Å²) in [6.07, 6.45) is 15.2. The number of rotatable bonds is 24. The number of hydrogen-bond donors (Lipinski definition) is 1. The first-order valence-electron chi connectivity index (χ1n) is 20.5. The lowest BCUT2D eigenvalue weighted by Crippen LogP contribution is -2.51. The molecule has 0 saturated carbocycles. The lowest BCUT2D eigenvalue weighted by atomic mass is 10.0. The normalized spacial score (nSPS) is 11.8. The number of likely N-dealkylation sites (N-methyl/N-ethyl adjacent to an activating group) is 2. The van der Waals surface area contributed by atoms with Crippen LogP contribution >= 0.6 is 0 Å². The fourth-order valence-corrected chi connectivity index (χ4v) is 6.68. The number of carbonyl (C=O) groups is 3. The van der Waals surface area contributed by atoms with E-state index in [1.807, 2.05) is 110 Å². The van der Waals surface area contributed by atoms with E-state index in [-0.39, 0.29) is 31.0 Å². The van der Waals surface area contributed by atoms with Crippen molar-refractivity contribution in [3.63, 3.8) is 0 Å². The van der Waals surface area contributed by atoms with Gasteiger partial charge >= 0.3 is 6.09 Å². The van der Waals surface area contributed by atoms with Gasteiger partial charge in [-0.25, -0.2) is 4.79 Å². The maximum Gasteiger partial charge on any atom is 0.415 e. The molecule has 3 aromatic carbocycles. The summed E-state index contributed by atoms with van der Waals surface area (Å²) in [5.74, 6) is 0.165. The molecule has 0 aliphatic carbocycles. The highest BCUT2D eigenvalue weighted by Crippen LogP contribution is 2.30. The summed E-state index contributed by atoms with van der Waals surface area (Å²) in [6, 6.07) is 24.6. The first-order valence-corrected chi connectivity index (χ1v) is 20.5. The SMILES string of the molecule is CCCCCCCCCCCCCCC(CN(CC(=O)N(C)c1ccccc1)c1cccc(OCC(=O)NC)c1)N(C(=O)OC(C)(C)C)c1ccccc1C. The van der Waals surface area contributed by atoms with Crippen LogP contribution in [-0.2, 0) is 14.3 Å². The molecular formula is C46H68N4O5. The van der Waals surface area contributed by atoms with Gasteiger partial charge in [0.2, 0.25) is 5.91 Å². The van der Waals surface area contributed by atoms with E-state index in [0.29, 0.717) is 12.3 Å². The van der Waals surface area contributed by atoms with Crippen LogP contribution in [0, 0.1) is 6.92 Å². The average Bonchev–Trinajstić information content (AvgIpc) is 3.17. The molecule has 1 N–H and O–H groups in total. The Hall–Kier alpha value is -4.53. The van der Waals surface area contributed by atoms with Gasteiger partial charge in [0, 0.05) is 38.1 Å². The monoisotopic (exact) mass is 757 g/mol. The van der Waals surface area contributed by atoms with Gasteiger partial charge in [-0.15, -0.1) is 0 Å². The fourth-order valence-electron chi connectivity index (χ4n) is 6.68. The van der Waals surface area contributed by atoms with Gasteiger partial charge in [-0.05, 0) is 70.0 Å². The molecule has 9 heteroatoms. The number of anilines is 3. The van der Waals surface area contributed by atoms with Gasteiger partial charge in [-0.1, -0.05) is 126 Å². The molecule has 1 unspecified atom stereocenters. The summed E-state index contributed by atoms with van der Waals surface area (Å²) in [7, 11) is 3.35. The highest BCUT2D eigenvalue weighted by Gasteiger charge is 2.33. The smallest absolute Gasteiger partial charge is 0.415 e. The van der Waals surface area contributed by atoms with Crippen LogP contribution in [0.25, 0.3) is 0 Å². The summed E-state index contributed by atoms with van der Waals surface area (Å²) < 4.78 is 11.9. The summed E-state index contributed by atoms with van der Waals surface area (Å²) in [5, 5.41) is 2.59. The van der Waals surface area contributed by atoms with Gasteiger partial charge in [-0.3, -0.25) is 14.5 Å². The zero-order valence-corrected chi connectivity index (χ0v) is 34.8. The van der Waals surface area contributed by atoms with Crippen LogP contribution in [0.4, 0.5) is 21.9 Å². The van der Waals surface area contributed by atoms with Crippen molar-refractivity contribution in [3.05, 3.63) is 84.4 Å². The number of ether oxygens (including phenoxy) is 2. The van der Waals surface area contributed by atoms with Gasteiger partial charge < -0.3 is 24.6 Å². The molecule has 0 aromatic heterocycles. The van der Waals surface area contributed by atoms with Crippen molar-refractivity contribution in [2.24, 2.45) is 0 Å². The molecule has 55 heavy (non-hydrogen) atoms. The Morgan fingerprint density at radius 2 is 1.33 bits per heavy atom. The van der Waals surface area contributed by atoms with Crippen LogP contribution in [0.1, 0.15) is 117 Å². The number of aryl methyl sites for hydroxylation is 1. The molecule has 302 valence electrons. The molecule has 3 rings (SSSR count). The maximum absolute atomic E-state index is 14.3. The number of nitrogens with one attached hydrogen (secondary N) is 1. The van der Waals surface area contributed by atoms with E-state index in [2.05, 4.69) is 12.2 Å². The molecule has 0 bridgehead atoms. The average molecular weight is 757 g/mol. The van der Waals surface area contributed by atoms with Gasteiger partial charge in [0.25, 0.3) is 5.91 Å². The van der Waals surface area contributed by atoms with Crippen LogP contribution < -0.4 is 24.8 Å². The van der Waals surface area contributed by atoms with Crippen molar-refractivity contribution in [2.45, 2.75) is 130 Å². The Balaban J connectivity index is 1.93. The van der Waals surface area contributed by atoms with Gasteiger partial charge in [0.15, 0.2) is 6.61 Å². The summed E-state index contributed by atoms with van der Waals surface area (Å²) in [6.45, 7) is 10.2. The minimum atomic E-state index is -0.705. The largest absolute Gasteiger partial charge is 0.484 e. The summed E-state index contributed by atoms with van der Waals surface area (Å²) >= 11 is 0. The van der Waals surface area contributed by atoms with Crippen molar-refractivity contribution < 1.29 is 23.9 Å². The Morgan fingerprint density at radius 3 is 1.93 bits per heavy atom. The quantitative estimate of drug-likeness (QED) is 0.0915. The second-order valence-corrected chi connectivity index (χ2v) is 15.6. The number of amides is 3. The molecule has 0 heterocycles. The third kappa shape index (κ3) is 16.4. The van der Waals surface area contributed by atoms with E-state index in [4.69, 9.17) is 9.47 Å². The number of hydrogen-bond acceptors (Lipinski definition) is 6. The predicted octanol–water partition coefficient (Wildman–Crippen LogP) is 10.5. The minimum Gasteiger partial charge on any atom is -0.484 e. The Labute approximate surface area is 331 Å². The Morgan fingerprint density at radius 1 is 0.745 bits per heavy atom. The van der Waals surface area contributed by atoms with Crippen molar-refractivity contribution in [2.75, 3.05) is 48.5 Å². The minimum absolute atomic E-state index is 0.0508. The van der Waals surface area contributed by atoms with Crippen molar-refractivity contribution in [1.82, 2.24) is 5.32 Å². The number of para-hydroxylation sites is 2. The van der Waals surface area contributed by atoms with E-state index >= 15 is 0 Å². The van der Waals surface area contributed by atoms with Gasteiger partial charge in [0.05, 0.1) is 18.3 Å². The van der Waals surface area contributed by atoms with E-state index in [9.17, 15) is 14.4 Å². The lowest BCUT2D eigenvalue weighted by Gasteiger charge is -2.38. The van der Waals surface area contributed by atoms with Crippen molar-refractivity contribution in [1.29, 1.82) is 0 Å². The molecule has 3 amide bonds. The molecule has 0 spiro atoms. The summed E-state index contributed by atoms with van der Waals surface area (Å²) in [5.41, 5.74) is 2.58. The fraction of sp³-hybridized carbons (Fsp3) is 0.543. The van der Waals surface area contributed by atoms with Crippen molar-refractivity contribution in [3.8, 4) is 5.75 Å². The third-order valence-electron chi connectivity index (χ3n) is 9.83. The molecular weight excluding hydrogens is 689 g/mol. The van der Waals surface area contributed by atoms with Crippen molar-refractivity contribution >= 4 is 35.0 Å². The zero-order valence-electron chi connectivity index (χ0n) is 34.8. The van der Waals surface area contributed by atoms with Gasteiger partial charge in [-0.2, -0.15) is 0 Å². The molecule has 3 aromatic rings.